The van der Waals surface area contributed by atoms with E-state index in [2.05, 4.69) is 9.97 Å². The third-order valence-corrected chi connectivity index (χ3v) is 3.33. The van der Waals surface area contributed by atoms with Crippen molar-refractivity contribution in [2.24, 2.45) is 0 Å². The van der Waals surface area contributed by atoms with Gasteiger partial charge in [0.1, 0.15) is 5.69 Å². The molecule has 1 heterocycles. The van der Waals surface area contributed by atoms with Crippen molar-refractivity contribution in [3.63, 3.8) is 0 Å². The van der Waals surface area contributed by atoms with Crippen LogP contribution in [-0.4, -0.2) is 27.1 Å². The van der Waals surface area contributed by atoms with Crippen LogP contribution in [0.25, 0.3) is 22.0 Å². The third-order valence-electron chi connectivity index (χ3n) is 3.33. The molecule has 0 aliphatic rings. The van der Waals surface area contributed by atoms with Gasteiger partial charge in [0.15, 0.2) is 5.72 Å². The number of alkyl halides is 3. The molecule has 0 radical (unpaired) electrons. The number of fused-ring (bicyclic) bond motifs is 1. The molecule has 3 rings (SSSR count). The van der Waals surface area contributed by atoms with Crippen molar-refractivity contribution in [1.29, 1.82) is 0 Å². The van der Waals surface area contributed by atoms with Gasteiger partial charge < -0.3 is 10.0 Å². The van der Waals surface area contributed by atoms with Crippen molar-refractivity contribution in [2.75, 3.05) is 0 Å². The van der Waals surface area contributed by atoms with Crippen LogP contribution in [-0.2, 0) is 6.18 Å². The van der Waals surface area contributed by atoms with Gasteiger partial charge in [-0.25, -0.2) is 9.97 Å². The summed E-state index contributed by atoms with van der Waals surface area (Å²) in [6.07, 6.45) is -4.72. The second kappa shape index (κ2) is 5.64. The van der Waals surface area contributed by atoms with E-state index < -0.39 is 24.7 Å². The summed E-state index contributed by atoms with van der Waals surface area (Å²) in [7, 11) is -2.19. The molecule has 8 heteroatoms. The van der Waals surface area contributed by atoms with Gasteiger partial charge >= 0.3 is 13.3 Å². The maximum absolute atomic E-state index is 13.0. The van der Waals surface area contributed by atoms with E-state index in [0.717, 1.165) is 11.5 Å². The lowest BCUT2D eigenvalue weighted by molar-refractivity contribution is -0.141. The van der Waals surface area contributed by atoms with Crippen LogP contribution < -0.4 is 5.72 Å². The molecular weight excluding hydrogens is 308 g/mol. The summed E-state index contributed by atoms with van der Waals surface area (Å²) in [5, 5.41) is 19.9. The largest absolute Gasteiger partial charge is 0.528 e. The van der Waals surface area contributed by atoms with Crippen LogP contribution in [0.15, 0.2) is 48.5 Å². The van der Waals surface area contributed by atoms with Crippen molar-refractivity contribution in [3.05, 3.63) is 54.2 Å². The maximum atomic E-state index is 13.0. The standard InChI is InChI=1S/C15H10BF3N2O2/c17-15(18,19)13-8-12(20-14(21-13)16(22)23)11-7-3-5-9-4-1-2-6-10(9)11/h1-8,22-23H. The summed E-state index contributed by atoms with van der Waals surface area (Å²) >= 11 is 0. The summed E-state index contributed by atoms with van der Waals surface area (Å²) in [6.45, 7) is 0. The normalized spacial score (nSPS) is 11.7. The molecule has 0 aliphatic carbocycles. The molecule has 0 amide bonds. The topological polar surface area (TPSA) is 66.2 Å². The highest BCUT2D eigenvalue weighted by molar-refractivity contribution is 6.56. The number of benzene rings is 2. The second-order valence-corrected chi connectivity index (χ2v) is 4.89. The average molecular weight is 318 g/mol. The molecular formula is C15H10BF3N2O2. The lowest BCUT2D eigenvalue weighted by Gasteiger charge is -2.12. The van der Waals surface area contributed by atoms with Crippen LogP contribution in [0, 0.1) is 0 Å². The molecule has 0 bridgehead atoms. The first-order valence-electron chi connectivity index (χ1n) is 6.67. The van der Waals surface area contributed by atoms with Gasteiger partial charge in [-0.2, -0.15) is 13.2 Å². The van der Waals surface area contributed by atoms with Gasteiger partial charge in [0.05, 0.1) is 5.69 Å². The van der Waals surface area contributed by atoms with Crippen molar-refractivity contribution in [2.45, 2.75) is 6.18 Å². The lowest BCUT2D eigenvalue weighted by atomic mass is 9.90. The van der Waals surface area contributed by atoms with Gasteiger partial charge in [0, 0.05) is 5.56 Å². The van der Waals surface area contributed by atoms with Crippen molar-refractivity contribution < 1.29 is 23.2 Å². The second-order valence-electron chi connectivity index (χ2n) is 4.89. The minimum absolute atomic E-state index is 0.0211. The number of aromatic nitrogens is 2. The van der Waals surface area contributed by atoms with Crippen LogP contribution in [0.4, 0.5) is 13.2 Å². The Balaban J connectivity index is 2.28. The molecule has 1 aromatic heterocycles. The fraction of sp³-hybridized carbons (Fsp3) is 0.0667. The summed E-state index contributed by atoms with van der Waals surface area (Å²) < 4.78 is 39.0. The van der Waals surface area contributed by atoms with E-state index in [1.54, 1.807) is 24.3 Å². The lowest BCUT2D eigenvalue weighted by Crippen LogP contribution is -2.37. The Labute approximate surface area is 129 Å². The quantitative estimate of drug-likeness (QED) is 0.709. The van der Waals surface area contributed by atoms with Crippen LogP contribution >= 0.6 is 0 Å². The minimum atomic E-state index is -4.72. The number of rotatable bonds is 2. The molecule has 3 aromatic rings. The smallest absolute Gasteiger partial charge is 0.421 e. The Morgan fingerprint density at radius 3 is 2.30 bits per heavy atom. The molecule has 0 saturated heterocycles. The van der Waals surface area contributed by atoms with Gasteiger partial charge in [-0.1, -0.05) is 42.5 Å². The van der Waals surface area contributed by atoms with E-state index in [1.807, 2.05) is 18.2 Å². The minimum Gasteiger partial charge on any atom is -0.421 e. The van der Waals surface area contributed by atoms with Crippen molar-refractivity contribution in [1.82, 2.24) is 9.97 Å². The van der Waals surface area contributed by atoms with Gasteiger partial charge in [-0.05, 0) is 16.8 Å². The van der Waals surface area contributed by atoms with Crippen LogP contribution in [0.2, 0.25) is 0 Å². The number of hydrogen-bond acceptors (Lipinski definition) is 4. The molecule has 116 valence electrons. The zero-order chi connectivity index (χ0) is 16.6. The predicted octanol–water partition coefficient (Wildman–Crippen LogP) is 2.00. The first-order valence-corrected chi connectivity index (χ1v) is 6.67. The van der Waals surface area contributed by atoms with Crippen molar-refractivity contribution >= 4 is 23.6 Å². The molecule has 2 N–H and O–H groups in total. The summed E-state index contributed by atoms with van der Waals surface area (Å²) in [6, 6.07) is 13.1. The molecule has 0 atom stereocenters. The summed E-state index contributed by atoms with van der Waals surface area (Å²) in [5.41, 5.74) is -1.48. The zero-order valence-corrected chi connectivity index (χ0v) is 11.6. The van der Waals surface area contributed by atoms with E-state index in [1.165, 1.54) is 0 Å². The third kappa shape index (κ3) is 3.04. The Kier molecular flexibility index (Phi) is 3.79. The number of hydrogen-bond donors (Lipinski definition) is 2. The van der Waals surface area contributed by atoms with Gasteiger partial charge in [-0.3, -0.25) is 0 Å². The Bertz CT molecular complexity index is 863. The van der Waals surface area contributed by atoms with E-state index >= 15 is 0 Å². The molecule has 0 unspecified atom stereocenters. The van der Waals surface area contributed by atoms with Crippen LogP contribution in [0.1, 0.15) is 5.69 Å². The molecule has 0 aliphatic heterocycles. The fourth-order valence-electron chi connectivity index (χ4n) is 2.31. The van der Waals surface area contributed by atoms with Gasteiger partial charge in [0.2, 0.25) is 0 Å². The molecule has 23 heavy (non-hydrogen) atoms. The molecule has 4 nitrogen and oxygen atoms in total. The van der Waals surface area contributed by atoms with E-state index in [-0.39, 0.29) is 5.69 Å². The predicted molar refractivity (Wildman–Crippen MR) is 79.8 cm³/mol. The maximum Gasteiger partial charge on any atom is 0.528 e. The Hall–Kier alpha value is -2.45. The van der Waals surface area contributed by atoms with Crippen LogP contribution in [0.5, 0.6) is 0 Å². The van der Waals surface area contributed by atoms with Gasteiger partial charge in [0.25, 0.3) is 0 Å². The molecule has 0 saturated carbocycles. The highest BCUT2D eigenvalue weighted by atomic mass is 19.4. The fourth-order valence-corrected chi connectivity index (χ4v) is 2.31. The van der Waals surface area contributed by atoms with Crippen LogP contribution in [0.3, 0.4) is 0 Å². The number of halogens is 3. The van der Waals surface area contributed by atoms with E-state index in [9.17, 15) is 13.2 Å². The first-order chi connectivity index (χ1) is 10.9. The van der Waals surface area contributed by atoms with Gasteiger partial charge in [-0.15, -0.1) is 0 Å². The summed E-state index contributed by atoms with van der Waals surface area (Å²) in [5.74, 6) is 0. The SMILES string of the molecule is OB(O)c1nc(-c2cccc3ccccc23)cc(C(F)(F)F)n1. The molecule has 0 fully saturated rings. The van der Waals surface area contributed by atoms with E-state index in [0.29, 0.717) is 10.9 Å². The number of nitrogens with zero attached hydrogens (tertiary/aromatic N) is 2. The molecule has 2 aromatic carbocycles. The van der Waals surface area contributed by atoms with Crippen molar-refractivity contribution in [3.8, 4) is 11.3 Å². The zero-order valence-electron chi connectivity index (χ0n) is 11.6. The highest BCUT2D eigenvalue weighted by Gasteiger charge is 2.35. The average Bonchev–Trinajstić information content (AvgIpc) is 2.53. The Morgan fingerprint density at radius 1 is 0.913 bits per heavy atom. The summed E-state index contributed by atoms with van der Waals surface area (Å²) in [4.78, 5) is 7.03. The highest BCUT2D eigenvalue weighted by Crippen LogP contribution is 2.31. The first kappa shape index (κ1) is 15.5. The monoisotopic (exact) mass is 318 g/mol. The molecule has 0 spiro atoms. The van der Waals surface area contributed by atoms with E-state index in [4.69, 9.17) is 10.0 Å². The Morgan fingerprint density at radius 2 is 1.61 bits per heavy atom.